The van der Waals surface area contributed by atoms with Crippen LogP contribution in [-0.4, -0.2) is 13.2 Å². The zero-order chi connectivity index (χ0) is 7.23. The van der Waals surface area contributed by atoms with Gasteiger partial charge in [-0.1, -0.05) is 6.07 Å². The summed E-state index contributed by atoms with van der Waals surface area (Å²) >= 11 is 1.71. The highest BCUT2D eigenvalue weighted by molar-refractivity contribution is 7.09. The highest BCUT2D eigenvalue weighted by Crippen LogP contribution is 2.08. The Bertz CT molecular complexity index is 162. The second-order valence-electron chi connectivity index (χ2n) is 1.92. The van der Waals surface area contributed by atoms with E-state index in [0.717, 1.165) is 0 Å². The first kappa shape index (κ1) is 7.72. The van der Waals surface area contributed by atoms with Crippen molar-refractivity contribution < 1.29 is 4.74 Å². The first-order chi connectivity index (χ1) is 4.93. The molecule has 0 aliphatic rings. The van der Waals surface area contributed by atoms with E-state index in [9.17, 15) is 0 Å². The maximum absolute atomic E-state index is 5.25. The van der Waals surface area contributed by atoms with Crippen molar-refractivity contribution in [1.82, 2.24) is 0 Å². The summed E-state index contributed by atoms with van der Waals surface area (Å²) in [5.74, 6) is 0. The van der Waals surface area contributed by atoms with Crippen molar-refractivity contribution in [2.75, 3.05) is 13.2 Å². The van der Waals surface area contributed by atoms with Crippen molar-refractivity contribution in [3.8, 4) is 0 Å². The van der Waals surface area contributed by atoms with Gasteiger partial charge in [0, 0.05) is 11.4 Å². The van der Waals surface area contributed by atoms with Crippen LogP contribution in [0.4, 0.5) is 0 Å². The van der Waals surface area contributed by atoms with Gasteiger partial charge in [-0.25, -0.2) is 0 Å². The molecule has 1 aromatic heterocycles. The molecule has 0 saturated carbocycles. The molecule has 0 aliphatic carbocycles. The summed E-state index contributed by atoms with van der Waals surface area (Å²) in [5, 5.41) is 2.04. The summed E-state index contributed by atoms with van der Waals surface area (Å²) in [7, 11) is 0. The molecule has 0 fully saturated rings. The van der Waals surface area contributed by atoms with Crippen molar-refractivity contribution in [2.24, 2.45) is 5.73 Å². The summed E-state index contributed by atoms with van der Waals surface area (Å²) in [6.07, 6.45) is 0. The molecule has 10 heavy (non-hydrogen) atoms. The first-order valence-electron chi connectivity index (χ1n) is 3.23. The lowest BCUT2D eigenvalue weighted by Gasteiger charge is -1.97. The molecule has 1 rings (SSSR count). The fourth-order valence-corrected chi connectivity index (χ4v) is 1.29. The standard InChI is InChI=1S/C7H11NOS/c8-3-4-9-6-7-2-1-5-10-7/h1-2,5H,3-4,6,8H2. The summed E-state index contributed by atoms with van der Waals surface area (Å²) in [4.78, 5) is 1.26. The summed E-state index contributed by atoms with van der Waals surface area (Å²) < 4.78 is 5.21. The van der Waals surface area contributed by atoms with Crippen LogP contribution in [0.2, 0.25) is 0 Å². The van der Waals surface area contributed by atoms with Gasteiger partial charge < -0.3 is 10.5 Å². The molecule has 0 aromatic carbocycles. The monoisotopic (exact) mass is 157 g/mol. The maximum Gasteiger partial charge on any atom is 0.0809 e. The van der Waals surface area contributed by atoms with E-state index in [-0.39, 0.29) is 0 Å². The van der Waals surface area contributed by atoms with E-state index in [2.05, 4.69) is 6.07 Å². The third kappa shape index (κ3) is 2.47. The lowest BCUT2D eigenvalue weighted by Crippen LogP contribution is -2.07. The van der Waals surface area contributed by atoms with E-state index in [0.29, 0.717) is 19.8 Å². The number of rotatable bonds is 4. The van der Waals surface area contributed by atoms with Gasteiger partial charge in [0.1, 0.15) is 0 Å². The molecule has 2 N–H and O–H groups in total. The Labute approximate surface area is 64.6 Å². The molecule has 0 aliphatic heterocycles. The van der Waals surface area contributed by atoms with Crippen LogP contribution in [0, 0.1) is 0 Å². The van der Waals surface area contributed by atoms with E-state index in [1.807, 2.05) is 11.4 Å². The Morgan fingerprint density at radius 2 is 2.50 bits per heavy atom. The largest absolute Gasteiger partial charge is 0.375 e. The first-order valence-corrected chi connectivity index (χ1v) is 4.11. The molecule has 2 nitrogen and oxygen atoms in total. The fraction of sp³-hybridized carbons (Fsp3) is 0.429. The van der Waals surface area contributed by atoms with Crippen LogP contribution in [0.15, 0.2) is 17.5 Å². The number of ether oxygens (including phenoxy) is 1. The van der Waals surface area contributed by atoms with E-state index in [1.165, 1.54) is 4.88 Å². The molecule has 0 atom stereocenters. The van der Waals surface area contributed by atoms with Crippen LogP contribution in [0.3, 0.4) is 0 Å². The van der Waals surface area contributed by atoms with Crippen LogP contribution in [0.25, 0.3) is 0 Å². The molecule has 0 unspecified atom stereocenters. The predicted molar refractivity (Wildman–Crippen MR) is 43.0 cm³/mol. The molecule has 0 bridgehead atoms. The number of hydrogen-bond acceptors (Lipinski definition) is 3. The molecule has 1 aromatic rings. The van der Waals surface area contributed by atoms with E-state index >= 15 is 0 Å². The molecular formula is C7H11NOS. The van der Waals surface area contributed by atoms with Crippen molar-refractivity contribution in [1.29, 1.82) is 0 Å². The van der Waals surface area contributed by atoms with Gasteiger partial charge in [0.25, 0.3) is 0 Å². The lowest BCUT2D eigenvalue weighted by atomic mass is 10.5. The van der Waals surface area contributed by atoms with Gasteiger partial charge in [0.2, 0.25) is 0 Å². The minimum absolute atomic E-state index is 0.603. The highest BCUT2D eigenvalue weighted by Gasteiger charge is 1.90. The van der Waals surface area contributed by atoms with Crippen molar-refractivity contribution in [3.05, 3.63) is 22.4 Å². The normalized spacial score (nSPS) is 10.1. The van der Waals surface area contributed by atoms with Crippen LogP contribution in [0.5, 0.6) is 0 Å². The van der Waals surface area contributed by atoms with Crippen LogP contribution in [-0.2, 0) is 11.3 Å². The smallest absolute Gasteiger partial charge is 0.0809 e. The lowest BCUT2D eigenvalue weighted by molar-refractivity contribution is 0.130. The molecule has 0 amide bonds. The topological polar surface area (TPSA) is 35.2 Å². The Morgan fingerprint density at radius 1 is 1.60 bits per heavy atom. The minimum atomic E-state index is 0.603. The van der Waals surface area contributed by atoms with Crippen LogP contribution >= 0.6 is 11.3 Å². The Kier molecular flexibility index (Phi) is 3.43. The van der Waals surface area contributed by atoms with Crippen molar-refractivity contribution >= 4 is 11.3 Å². The van der Waals surface area contributed by atoms with Crippen LogP contribution < -0.4 is 5.73 Å². The van der Waals surface area contributed by atoms with Gasteiger partial charge in [-0.15, -0.1) is 11.3 Å². The molecule has 0 spiro atoms. The summed E-state index contributed by atoms with van der Waals surface area (Å²) in [6.45, 7) is 1.96. The average molecular weight is 157 g/mol. The van der Waals surface area contributed by atoms with Crippen LogP contribution in [0.1, 0.15) is 4.88 Å². The van der Waals surface area contributed by atoms with Gasteiger partial charge in [0.05, 0.1) is 13.2 Å². The van der Waals surface area contributed by atoms with Crippen molar-refractivity contribution in [2.45, 2.75) is 6.61 Å². The second kappa shape index (κ2) is 4.44. The SMILES string of the molecule is NCCOCc1cccs1. The Hall–Kier alpha value is -0.380. The van der Waals surface area contributed by atoms with Gasteiger partial charge in [-0.05, 0) is 11.4 Å². The van der Waals surface area contributed by atoms with E-state index in [1.54, 1.807) is 11.3 Å². The molecule has 1 heterocycles. The Morgan fingerprint density at radius 3 is 3.10 bits per heavy atom. The van der Waals surface area contributed by atoms with Gasteiger partial charge >= 0.3 is 0 Å². The van der Waals surface area contributed by atoms with Crippen molar-refractivity contribution in [3.63, 3.8) is 0 Å². The highest BCUT2D eigenvalue weighted by atomic mass is 32.1. The number of nitrogens with two attached hydrogens (primary N) is 1. The third-order valence-corrected chi connectivity index (χ3v) is 1.94. The third-order valence-electron chi connectivity index (χ3n) is 1.09. The molecular weight excluding hydrogens is 146 g/mol. The molecule has 56 valence electrons. The van der Waals surface area contributed by atoms with E-state index in [4.69, 9.17) is 10.5 Å². The zero-order valence-corrected chi connectivity index (χ0v) is 6.56. The number of hydrogen-bond donors (Lipinski definition) is 1. The van der Waals surface area contributed by atoms with Gasteiger partial charge in [-0.3, -0.25) is 0 Å². The Balaban J connectivity index is 2.15. The van der Waals surface area contributed by atoms with E-state index < -0.39 is 0 Å². The number of thiophene rings is 1. The predicted octanol–water partition coefficient (Wildman–Crippen LogP) is 1.22. The average Bonchev–Trinajstić information content (AvgIpc) is 2.41. The second-order valence-corrected chi connectivity index (χ2v) is 2.95. The zero-order valence-electron chi connectivity index (χ0n) is 5.75. The molecule has 0 saturated heterocycles. The summed E-state index contributed by atoms with van der Waals surface area (Å²) in [5.41, 5.74) is 5.25. The maximum atomic E-state index is 5.25. The van der Waals surface area contributed by atoms with Gasteiger partial charge in [-0.2, -0.15) is 0 Å². The molecule has 0 radical (unpaired) electrons. The summed E-state index contributed by atoms with van der Waals surface area (Å²) in [6, 6.07) is 4.08. The minimum Gasteiger partial charge on any atom is -0.375 e. The molecule has 3 heteroatoms. The quantitative estimate of drug-likeness (QED) is 0.667. The fourth-order valence-electron chi connectivity index (χ4n) is 0.651. The van der Waals surface area contributed by atoms with Gasteiger partial charge in [0.15, 0.2) is 0 Å².